The highest BCUT2D eigenvalue weighted by atomic mass is 16.3. The van der Waals surface area contributed by atoms with Crippen molar-refractivity contribution in [3.8, 4) is 0 Å². The van der Waals surface area contributed by atoms with Crippen LogP contribution in [0.2, 0.25) is 0 Å². The average molecular weight is 170 g/mol. The second-order valence-electron chi connectivity index (χ2n) is 4.21. The Hall–Kier alpha value is -0.120. The minimum absolute atomic E-state index is 0.201. The number of fused-ring (bicyclic) bond motifs is 1. The standard InChI is InChI=1S/C9H18N2O/c10-2-1-9(12)6-11-4-7-3-8(7)5-11/h7-9,12H,1-6,10H2. The fourth-order valence-corrected chi connectivity index (χ4v) is 2.23. The molecule has 3 nitrogen and oxygen atoms in total. The number of β-amino-alcohol motifs (C(OH)–C–C–N with tert-alkyl or cyclic N) is 1. The number of hydrogen-bond donors (Lipinski definition) is 2. The maximum absolute atomic E-state index is 9.49. The van der Waals surface area contributed by atoms with E-state index in [9.17, 15) is 5.11 Å². The summed E-state index contributed by atoms with van der Waals surface area (Å²) < 4.78 is 0. The fourth-order valence-electron chi connectivity index (χ4n) is 2.23. The number of likely N-dealkylation sites (tertiary alicyclic amines) is 1. The third kappa shape index (κ3) is 1.79. The molecular formula is C9H18N2O. The molecule has 0 aromatic rings. The Labute approximate surface area is 73.5 Å². The number of nitrogens with two attached hydrogens (primary N) is 1. The van der Waals surface area contributed by atoms with Crippen molar-refractivity contribution in [2.24, 2.45) is 17.6 Å². The van der Waals surface area contributed by atoms with E-state index < -0.39 is 0 Å². The van der Waals surface area contributed by atoms with Gasteiger partial charge in [-0.3, -0.25) is 0 Å². The van der Waals surface area contributed by atoms with Crippen LogP contribution in [0.5, 0.6) is 0 Å². The first-order chi connectivity index (χ1) is 5.79. The van der Waals surface area contributed by atoms with Crippen LogP contribution in [-0.4, -0.2) is 42.3 Å². The predicted octanol–water partition coefficient (Wildman–Crippen LogP) is -0.352. The van der Waals surface area contributed by atoms with Gasteiger partial charge in [-0.15, -0.1) is 0 Å². The van der Waals surface area contributed by atoms with Crippen LogP contribution in [0.15, 0.2) is 0 Å². The molecule has 1 saturated heterocycles. The quantitative estimate of drug-likeness (QED) is 0.606. The molecule has 1 heterocycles. The van der Waals surface area contributed by atoms with E-state index in [1.54, 1.807) is 0 Å². The van der Waals surface area contributed by atoms with Gasteiger partial charge in [0.05, 0.1) is 6.10 Å². The molecule has 12 heavy (non-hydrogen) atoms. The minimum atomic E-state index is -0.201. The summed E-state index contributed by atoms with van der Waals surface area (Å²) in [7, 11) is 0. The van der Waals surface area contributed by atoms with Gasteiger partial charge in [-0.1, -0.05) is 0 Å². The molecule has 3 atom stereocenters. The molecule has 2 fully saturated rings. The lowest BCUT2D eigenvalue weighted by Gasteiger charge is -2.20. The van der Waals surface area contributed by atoms with Crippen molar-refractivity contribution < 1.29 is 5.11 Å². The third-order valence-corrected chi connectivity index (χ3v) is 3.02. The fraction of sp³-hybridized carbons (Fsp3) is 1.00. The summed E-state index contributed by atoms with van der Waals surface area (Å²) in [5.74, 6) is 1.94. The van der Waals surface area contributed by atoms with Crippen molar-refractivity contribution in [1.29, 1.82) is 0 Å². The van der Waals surface area contributed by atoms with Gasteiger partial charge in [-0.05, 0) is 31.2 Å². The molecule has 2 rings (SSSR count). The lowest BCUT2D eigenvalue weighted by Crippen LogP contribution is -2.33. The van der Waals surface area contributed by atoms with Crippen LogP contribution in [0.25, 0.3) is 0 Å². The molecular weight excluding hydrogens is 152 g/mol. The Bertz CT molecular complexity index is 153. The Morgan fingerprint density at radius 3 is 2.67 bits per heavy atom. The van der Waals surface area contributed by atoms with Gasteiger partial charge in [0, 0.05) is 19.6 Å². The maximum Gasteiger partial charge on any atom is 0.0679 e. The molecule has 1 aliphatic heterocycles. The van der Waals surface area contributed by atoms with Gasteiger partial charge < -0.3 is 15.7 Å². The smallest absolute Gasteiger partial charge is 0.0679 e. The molecule has 1 aliphatic carbocycles. The molecule has 2 aliphatic rings. The molecule has 3 unspecified atom stereocenters. The van der Waals surface area contributed by atoms with E-state index >= 15 is 0 Å². The van der Waals surface area contributed by atoms with Crippen molar-refractivity contribution in [2.45, 2.75) is 18.9 Å². The minimum Gasteiger partial charge on any atom is -0.392 e. The Kier molecular flexibility index (Phi) is 2.35. The molecule has 70 valence electrons. The number of piperidine rings is 1. The maximum atomic E-state index is 9.49. The molecule has 0 spiro atoms. The molecule has 0 bridgehead atoms. The highest BCUT2D eigenvalue weighted by Crippen LogP contribution is 2.44. The zero-order chi connectivity index (χ0) is 8.55. The van der Waals surface area contributed by atoms with E-state index in [0.29, 0.717) is 6.54 Å². The molecule has 0 amide bonds. The summed E-state index contributed by atoms with van der Waals surface area (Å²) in [6, 6.07) is 0. The van der Waals surface area contributed by atoms with Crippen LogP contribution in [0.3, 0.4) is 0 Å². The normalized spacial score (nSPS) is 36.5. The summed E-state index contributed by atoms with van der Waals surface area (Å²) in [6.45, 7) is 3.87. The Morgan fingerprint density at radius 1 is 1.42 bits per heavy atom. The number of nitrogens with zero attached hydrogens (tertiary/aromatic N) is 1. The first kappa shape index (κ1) is 8.48. The second kappa shape index (κ2) is 3.32. The van der Waals surface area contributed by atoms with E-state index in [-0.39, 0.29) is 6.10 Å². The van der Waals surface area contributed by atoms with E-state index in [0.717, 1.165) is 24.8 Å². The van der Waals surface area contributed by atoms with Crippen molar-refractivity contribution in [2.75, 3.05) is 26.2 Å². The molecule has 3 N–H and O–H groups in total. The summed E-state index contributed by atoms with van der Waals surface area (Å²) in [4.78, 5) is 2.37. The number of rotatable bonds is 4. The summed E-state index contributed by atoms with van der Waals surface area (Å²) in [5.41, 5.74) is 5.36. The predicted molar refractivity (Wildman–Crippen MR) is 47.7 cm³/mol. The van der Waals surface area contributed by atoms with Crippen molar-refractivity contribution in [3.05, 3.63) is 0 Å². The van der Waals surface area contributed by atoms with Gasteiger partial charge in [0.15, 0.2) is 0 Å². The van der Waals surface area contributed by atoms with Gasteiger partial charge in [-0.25, -0.2) is 0 Å². The first-order valence-corrected chi connectivity index (χ1v) is 4.90. The molecule has 1 saturated carbocycles. The SMILES string of the molecule is NCCC(O)CN1CC2CC2C1. The molecule has 3 heteroatoms. The van der Waals surface area contributed by atoms with E-state index in [2.05, 4.69) is 4.90 Å². The summed E-state index contributed by atoms with van der Waals surface area (Å²) >= 11 is 0. The average Bonchev–Trinajstić information content (AvgIpc) is 2.60. The number of aliphatic hydroxyl groups excluding tert-OH is 1. The molecule has 0 radical (unpaired) electrons. The van der Waals surface area contributed by atoms with Crippen molar-refractivity contribution in [3.63, 3.8) is 0 Å². The van der Waals surface area contributed by atoms with Gasteiger partial charge in [0.2, 0.25) is 0 Å². The monoisotopic (exact) mass is 170 g/mol. The zero-order valence-electron chi connectivity index (χ0n) is 7.45. The van der Waals surface area contributed by atoms with Crippen LogP contribution in [-0.2, 0) is 0 Å². The molecule has 0 aromatic heterocycles. The van der Waals surface area contributed by atoms with Crippen LogP contribution < -0.4 is 5.73 Å². The molecule has 0 aromatic carbocycles. The summed E-state index contributed by atoms with van der Waals surface area (Å²) in [6.07, 6.45) is 1.97. The first-order valence-electron chi connectivity index (χ1n) is 4.90. The lowest BCUT2D eigenvalue weighted by molar-refractivity contribution is 0.114. The van der Waals surface area contributed by atoms with Crippen LogP contribution in [0.1, 0.15) is 12.8 Å². The highest BCUT2D eigenvalue weighted by Gasteiger charge is 2.44. The van der Waals surface area contributed by atoms with Crippen molar-refractivity contribution in [1.82, 2.24) is 4.90 Å². The van der Waals surface area contributed by atoms with Crippen LogP contribution >= 0.6 is 0 Å². The van der Waals surface area contributed by atoms with Gasteiger partial charge >= 0.3 is 0 Å². The highest BCUT2D eigenvalue weighted by molar-refractivity contribution is 4.97. The second-order valence-corrected chi connectivity index (χ2v) is 4.21. The topological polar surface area (TPSA) is 49.5 Å². The number of aliphatic hydroxyl groups is 1. The van der Waals surface area contributed by atoms with Crippen molar-refractivity contribution >= 4 is 0 Å². The van der Waals surface area contributed by atoms with Crippen LogP contribution in [0.4, 0.5) is 0 Å². The third-order valence-electron chi connectivity index (χ3n) is 3.02. The lowest BCUT2D eigenvalue weighted by atomic mass is 10.2. The zero-order valence-corrected chi connectivity index (χ0v) is 7.45. The largest absolute Gasteiger partial charge is 0.392 e. The van der Waals surface area contributed by atoms with Gasteiger partial charge in [0.25, 0.3) is 0 Å². The van der Waals surface area contributed by atoms with Gasteiger partial charge in [-0.2, -0.15) is 0 Å². The Balaban J connectivity index is 1.66. The van der Waals surface area contributed by atoms with E-state index in [1.165, 1.54) is 19.5 Å². The van der Waals surface area contributed by atoms with Gasteiger partial charge in [0.1, 0.15) is 0 Å². The van der Waals surface area contributed by atoms with E-state index in [4.69, 9.17) is 5.73 Å². The number of hydrogen-bond acceptors (Lipinski definition) is 3. The Morgan fingerprint density at radius 2 is 2.08 bits per heavy atom. The summed E-state index contributed by atoms with van der Waals surface area (Å²) in [5, 5.41) is 9.49. The van der Waals surface area contributed by atoms with Crippen LogP contribution in [0, 0.1) is 11.8 Å². The van der Waals surface area contributed by atoms with E-state index in [1.807, 2.05) is 0 Å².